The van der Waals surface area contributed by atoms with Crippen molar-refractivity contribution in [3.8, 4) is 0 Å². The molecule has 0 aliphatic heterocycles. The molecule has 0 atom stereocenters. The molecule has 1 aromatic rings. The number of halogens is 1. The van der Waals surface area contributed by atoms with Crippen LogP contribution >= 0.6 is 11.6 Å². The molecule has 0 N–H and O–H groups in total. The molecule has 0 fully saturated rings. The molecule has 0 saturated heterocycles. The lowest BCUT2D eigenvalue weighted by Crippen LogP contribution is -1.80. The van der Waals surface area contributed by atoms with E-state index in [1.807, 2.05) is 24.3 Å². The average molecular weight is 195 g/mol. The molecule has 0 aromatic heterocycles. The number of rotatable bonds is 3. The Morgan fingerprint density at radius 3 is 2.46 bits per heavy atom. The van der Waals surface area contributed by atoms with Gasteiger partial charge in [0, 0.05) is 0 Å². The maximum atomic E-state index is 10.4. The van der Waals surface area contributed by atoms with Crippen LogP contribution in [0.2, 0.25) is 0 Å². The summed E-state index contributed by atoms with van der Waals surface area (Å²) in [6.07, 6.45) is 4.08. The molecule has 1 rings (SSSR count). The number of benzene rings is 1. The van der Waals surface area contributed by atoms with E-state index >= 15 is 0 Å². The summed E-state index contributed by atoms with van der Waals surface area (Å²) in [5.74, 6) is 0. The quantitative estimate of drug-likeness (QED) is 0.534. The van der Waals surface area contributed by atoms with E-state index in [0.29, 0.717) is 0 Å². The van der Waals surface area contributed by atoms with Crippen molar-refractivity contribution in [3.05, 3.63) is 41.5 Å². The van der Waals surface area contributed by atoms with Crippen LogP contribution in [0.3, 0.4) is 0 Å². The Kier molecular flexibility index (Phi) is 3.71. The minimum absolute atomic E-state index is 0.445. The normalized spacial score (nSPS) is 10.6. The van der Waals surface area contributed by atoms with Crippen LogP contribution in [0.1, 0.15) is 18.1 Å². The first kappa shape index (κ1) is 10.0. The molecule has 0 radical (unpaired) electrons. The summed E-state index contributed by atoms with van der Waals surface area (Å²) >= 11 is 5.16. The van der Waals surface area contributed by atoms with E-state index in [4.69, 9.17) is 11.6 Å². The number of carbonyl (C=O) groups excluding carboxylic acids is 1. The van der Waals surface area contributed by atoms with Gasteiger partial charge in [0.05, 0.1) is 0 Å². The molecule has 0 spiro atoms. The van der Waals surface area contributed by atoms with Gasteiger partial charge in [0.1, 0.15) is 0 Å². The maximum Gasteiger partial charge on any atom is 0.245 e. The molecule has 68 valence electrons. The Labute approximate surface area is 83.0 Å². The fourth-order valence-electron chi connectivity index (χ4n) is 1.03. The van der Waals surface area contributed by atoms with Gasteiger partial charge in [-0.05, 0) is 35.2 Å². The lowest BCUT2D eigenvalue weighted by molar-refractivity contribution is -0.107. The molecule has 0 bridgehead atoms. The van der Waals surface area contributed by atoms with Crippen molar-refractivity contribution in [2.45, 2.75) is 13.3 Å². The predicted octanol–water partition coefficient (Wildman–Crippen LogP) is 3.03. The fraction of sp³-hybridized carbons (Fsp3) is 0.182. The number of hydrogen-bond donors (Lipinski definition) is 0. The molecule has 2 heteroatoms. The summed E-state index contributed by atoms with van der Waals surface area (Å²) in [6, 6.07) is 8.01. The lowest BCUT2D eigenvalue weighted by Gasteiger charge is -1.96. The maximum absolute atomic E-state index is 10.4. The molecule has 0 saturated carbocycles. The van der Waals surface area contributed by atoms with E-state index in [2.05, 4.69) is 6.92 Å². The van der Waals surface area contributed by atoms with Gasteiger partial charge in [-0.2, -0.15) is 0 Å². The first-order valence-corrected chi connectivity index (χ1v) is 4.56. The fourth-order valence-corrected chi connectivity index (χ4v) is 1.09. The van der Waals surface area contributed by atoms with Crippen LogP contribution in [0.25, 0.3) is 6.08 Å². The SMILES string of the molecule is CCc1ccc(/C=C/C(=O)Cl)cc1. The Bertz CT molecular complexity index is 311. The minimum Gasteiger partial charge on any atom is -0.276 e. The molecule has 0 aliphatic rings. The summed E-state index contributed by atoms with van der Waals surface area (Å²) in [6.45, 7) is 2.10. The van der Waals surface area contributed by atoms with Crippen LogP contribution in [0.15, 0.2) is 30.3 Å². The van der Waals surface area contributed by atoms with E-state index in [9.17, 15) is 4.79 Å². The van der Waals surface area contributed by atoms with Gasteiger partial charge in [-0.15, -0.1) is 0 Å². The third-order valence-electron chi connectivity index (χ3n) is 1.79. The third-order valence-corrected chi connectivity index (χ3v) is 1.92. The second-order valence-corrected chi connectivity index (χ2v) is 3.11. The first-order chi connectivity index (χ1) is 6.22. The zero-order valence-corrected chi connectivity index (χ0v) is 8.21. The molecular weight excluding hydrogens is 184 g/mol. The lowest BCUT2D eigenvalue weighted by atomic mass is 10.1. The van der Waals surface area contributed by atoms with Gasteiger partial charge in [-0.1, -0.05) is 37.3 Å². The predicted molar refractivity (Wildman–Crippen MR) is 55.7 cm³/mol. The monoisotopic (exact) mass is 194 g/mol. The second-order valence-electron chi connectivity index (χ2n) is 2.73. The number of hydrogen-bond acceptors (Lipinski definition) is 1. The molecule has 13 heavy (non-hydrogen) atoms. The zero-order valence-electron chi connectivity index (χ0n) is 7.46. The van der Waals surface area contributed by atoms with Gasteiger partial charge in [0.25, 0.3) is 0 Å². The summed E-state index contributed by atoms with van der Waals surface area (Å²) in [7, 11) is 0. The minimum atomic E-state index is -0.445. The van der Waals surface area contributed by atoms with Crippen LogP contribution < -0.4 is 0 Å². The standard InChI is InChI=1S/C11H11ClO/c1-2-9-3-5-10(6-4-9)7-8-11(12)13/h3-8H,2H2,1H3/b8-7+. The highest BCUT2D eigenvalue weighted by atomic mass is 35.5. The molecule has 0 aliphatic carbocycles. The third kappa shape index (κ3) is 3.43. The Balaban J connectivity index is 2.75. The van der Waals surface area contributed by atoms with Crippen molar-refractivity contribution in [1.82, 2.24) is 0 Å². The molecule has 1 nitrogen and oxygen atoms in total. The number of aryl methyl sites for hydroxylation is 1. The smallest absolute Gasteiger partial charge is 0.245 e. The van der Waals surface area contributed by atoms with Crippen LogP contribution in [0.4, 0.5) is 0 Å². The van der Waals surface area contributed by atoms with Gasteiger partial charge < -0.3 is 0 Å². The van der Waals surface area contributed by atoms with Crippen molar-refractivity contribution in [3.63, 3.8) is 0 Å². The van der Waals surface area contributed by atoms with Crippen LogP contribution in [-0.4, -0.2) is 5.24 Å². The van der Waals surface area contributed by atoms with E-state index < -0.39 is 5.24 Å². The van der Waals surface area contributed by atoms with Crippen molar-refractivity contribution < 1.29 is 4.79 Å². The van der Waals surface area contributed by atoms with Gasteiger partial charge >= 0.3 is 0 Å². The molecule has 0 amide bonds. The zero-order chi connectivity index (χ0) is 9.68. The van der Waals surface area contributed by atoms with Gasteiger partial charge in [-0.3, -0.25) is 4.79 Å². The van der Waals surface area contributed by atoms with Crippen LogP contribution in [0.5, 0.6) is 0 Å². The Morgan fingerprint density at radius 2 is 2.00 bits per heavy atom. The summed E-state index contributed by atoms with van der Waals surface area (Å²) < 4.78 is 0. The van der Waals surface area contributed by atoms with Crippen LogP contribution in [-0.2, 0) is 11.2 Å². The summed E-state index contributed by atoms with van der Waals surface area (Å²) in [4.78, 5) is 10.4. The topological polar surface area (TPSA) is 17.1 Å². The molecular formula is C11H11ClO. The van der Waals surface area contributed by atoms with Gasteiger partial charge in [-0.25, -0.2) is 0 Å². The summed E-state index contributed by atoms with van der Waals surface area (Å²) in [5.41, 5.74) is 2.28. The van der Waals surface area contributed by atoms with Gasteiger partial charge in [0.15, 0.2) is 0 Å². The van der Waals surface area contributed by atoms with E-state index in [-0.39, 0.29) is 0 Å². The highest BCUT2D eigenvalue weighted by Crippen LogP contribution is 2.06. The van der Waals surface area contributed by atoms with Gasteiger partial charge in [0.2, 0.25) is 5.24 Å². The van der Waals surface area contributed by atoms with Crippen molar-refractivity contribution in [2.75, 3.05) is 0 Å². The molecule has 0 unspecified atom stereocenters. The average Bonchev–Trinajstić information content (AvgIpc) is 2.15. The van der Waals surface area contributed by atoms with Crippen molar-refractivity contribution in [2.24, 2.45) is 0 Å². The molecule has 1 aromatic carbocycles. The van der Waals surface area contributed by atoms with Crippen LogP contribution in [0, 0.1) is 0 Å². The van der Waals surface area contributed by atoms with Crippen molar-refractivity contribution >= 4 is 22.9 Å². The highest BCUT2D eigenvalue weighted by Gasteiger charge is 1.90. The van der Waals surface area contributed by atoms with Crippen molar-refractivity contribution in [1.29, 1.82) is 0 Å². The summed E-state index contributed by atoms with van der Waals surface area (Å²) in [5, 5.41) is -0.445. The van der Waals surface area contributed by atoms with E-state index in [1.54, 1.807) is 6.08 Å². The Hall–Kier alpha value is -1.08. The Morgan fingerprint density at radius 1 is 1.38 bits per heavy atom. The number of carbonyl (C=O) groups is 1. The second kappa shape index (κ2) is 4.83. The largest absolute Gasteiger partial charge is 0.276 e. The highest BCUT2D eigenvalue weighted by molar-refractivity contribution is 6.66. The number of allylic oxidation sites excluding steroid dienone is 1. The van der Waals surface area contributed by atoms with E-state index in [0.717, 1.165) is 12.0 Å². The molecule has 0 heterocycles. The van der Waals surface area contributed by atoms with E-state index in [1.165, 1.54) is 11.6 Å². The first-order valence-electron chi connectivity index (χ1n) is 4.19.